The van der Waals surface area contributed by atoms with Crippen LogP contribution < -0.4 is 9.64 Å². The molecule has 1 fully saturated rings. The van der Waals surface area contributed by atoms with Crippen LogP contribution in [0.1, 0.15) is 18.4 Å². The number of methoxy groups -OCH3 is 1. The molecule has 0 bridgehead atoms. The molecule has 7 heteroatoms. The molecule has 1 aliphatic heterocycles. The highest BCUT2D eigenvalue weighted by Gasteiger charge is 2.24. The van der Waals surface area contributed by atoms with E-state index in [2.05, 4.69) is 19.8 Å². The van der Waals surface area contributed by atoms with E-state index in [0.29, 0.717) is 29.1 Å². The lowest BCUT2D eigenvalue weighted by Gasteiger charge is -2.37. The van der Waals surface area contributed by atoms with E-state index in [-0.39, 0.29) is 5.82 Å². The number of hydrogen-bond acceptors (Lipinski definition) is 5. The Kier molecular flexibility index (Phi) is 5.71. The van der Waals surface area contributed by atoms with Crippen LogP contribution in [0.2, 0.25) is 5.02 Å². The molecule has 0 N–H and O–H groups in total. The number of piperidine rings is 1. The van der Waals surface area contributed by atoms with E-state index in [4.69, 9.17) is 16.3 Å². The summed E-state index contributed by atoms with van der Waals surface area (Å²) in [5, 5.41) is 0.484. The second-order valence-electron chi connectivity index (χ2n) is 6.25. The van der Waals surface area contributed by atoms with Gasteiger partial charge in [-0.25, -0.2) is 14.4 Å². The van der Waals surface area contributed by atoms with Gasteiger partial charge in [-0.05, 0) is 32.0 Å². The molecule has 0 amide bonds. The fourth-order valence-corrected chi connectivity index (χ4v) is 3.43. The summed E-state index contributed by atoms with van der Waals surface area (Å²) in [7, 11) is 3.62. The zero-order valence-electron chi connectivity index (χ0n) is 14.5. The Labute approximate surface area is 152 Å². The third-order valence-electron chi connectivity index (χ3n) is 4.72. The van der Waals surface area contributed by atoms with Gasteiger partial charge in [0, 0.05) is 42.3 Å². The predicted molar refractivity (Wildman–Crippen MR) is 96.7 cm³/mol. The molecule has 0 radical (unpaired) electrons. The maximum Gasteiger partial charge on any atom is 0.218 e. The van der Waals surface area contributed by atoms with Crippen LogP contribution >= 0.6 is 11.6 Å². The van der Waals surface area contributed by atoms with Crippen molar-refractivity contribution in [3.8, 4) is 5.88 Å². The SMILES string of the molecule is COc1cc(N2CCC(N(C)Cc3c(F)cccc3Cl)CC2)ncn1. The largest absolute Gasteiger partial charge is 0.481 e. The lowest BCUT2D eigenvalue weighted by molar-refractivity contribution is 0.198. The summed E-state index contributed by atoms with van der Waals surface area (Å²) >= 11 is 6.14. The second-order valence-corrected chi connectivity index (χ2v) is 6.66. The van der Waals surface area contributed by atoms with E-state index in [1.807, 2.05) is 13.1 Å². The van der Waals surface area contributed by atoms with Gasteiger partial charge in [-0.15, -0.1) is 0 Å². The number of halogens is 2. The highest BCUT2D eigenvalue weighted by atomic mass is 35.5. The van der Waals surface area contributed by atoms with Crippen LogP contribution in [-0.4, -0.2) is 48.2 Å². The van der Waals surface area contributed by atoms with Crippen molar-refractivity contribution in [3.63, 3.8) is 0 Å². The van der Waals surface area contributed by atoms with E-state index in [9.17, 15) is 4.39 Å². The van der Waals surface area contributed by atoms with Crippen molar-refractivity contribution in [1.29, 1.82) is 0 Å². The van der Waals surface area contributed by atoms with E-state index < -0.39 is 0 Å². The Morgan fingerprint density at radius 1 is 1.32 bits per heavy atom. The normalized spacial score (nSPS) is 15.6. The number of hydrogen-bond donors (Lipinski definition) is 0. The molecule has 0 atom stereocenters. The van der Waals surface area contributed by atoms with Gasteiger partial charge in [-0.2, -0.15) is 0 Å². The van der Waals surface area contributed by atoms with Gasteiger partial charge in [-0.1, -0.05) is 17.7 Å². The summed E-state index contributed by atoms with van der Waals surface area (Å²) in [6, 6.07) is 7.06. The smallest absolute Gasteiger partial charge is 0.218 e. The van der Waals surface area contributed by atoms with E-state index in [1.54, 1.807) is 19.2 Å². The summed E-state index contributed by atoms with van der Waals surface area (Å²) < 4.78 is 19.1. The molecule has 3 rings (SSSR count). The molecule has 2 heterocycles. The van der Waals surface area contributed by atoms with Crippen molar-refractivity contribution in [2.45, 2.75) is 25.4 Å². The first-order valence-electron chi connectivity index (χ1n) is 8.32. The van der Waals surface area contributed by atoms with E-state index in [0.717, 1.165) is 31.7 Å². The molecule has 0 unspecified atom stereocenters. The van der Waals surface area contributed by atoms with Gasteiger partial charge in [0.05, 0.1) is 7.11 Å². The highest BCUT2D eigenvalue weighted by molar-refractivity contribution is 6.31. The van der Waals surface area contributed by atoms with Gasteiger partial charge in [-0.3, -0.25) is 4.90 Å². The minimum absolute atomic E-state index is 0.245. The lowest BCUT2D eigenvalue weighted by Crippen LogP contribution is -2.43. The van der Waals surface area contributed by atoms with Crippen LogP contribution in [0.4, 0.5) is 10.2 Å². The molecule has 1 aromatic heterocycles. The lowest BCUT2D eigenvalue weighted by atomic mass is 10.0. The Hall–Kier alpha value is -1.92. The molecule has 134 valence electrons. The molecule has 2 aromatic rings. The van der Waals surface area contributed by atoms with Crippen LogP contribution in [0.3, 0.4) is 0 Å². The van der Waals surface area contributed by atoms with Crippen LogP contribution in [0.15, 0.2) is 30.6 Å². The van der Waals surface area contributed by atoms with Gasteiger partial charge in [0.15, 0.2) is 0 Å². The highest BCUT2D eigenvalue weighted by Crippen LogP contribution is 2.25. The van der Waals surface area contributed by atoms with Gasteiger partial charge in [0.1, 0.15) is 18.0 Å². The average molecular weight is 365 g/mol. The minimum atomic E-state index is -0.245. The van der Waals surface area contributed by atoms with Crippen LogP contribution in [0, 0.1) is 5.82 Å². The van der Waals surface area contributed by atoms with Crippen molar-refractivity contribution < 1.29 is 9.13 Å². The third kappa shape index (κ3) is 4.19. The van der Waals surface area contributed by atoms with Crippen molar-refractivity contribution in [2.75, 3.05) is 32.1 Å². The monoisotopic (exact) mass is 364 g/mol. The summed E-state index contributed by atoms with van der Waals surface area (Å²) in [6.07, 6.45) is 3.48. The van der Waals surface area contributed by atoms with Gasteiger partial charge in [0.2, 0.25) is 5.88 Å². The molecule has 1 aliphatic rings. The Balaban J connectivity index is 1.60. The Morgan fingerprint density at radius 2 is 2.08 bits per heavy atom. The number of ether oxygens (including phenoxy) is 1. The van der Waals surface area contributed by atoms with Crippen molar-refractivity contribution in [1.82, 2.24) is 14.9 Å². The average Bonchev–Trinajstić information content (AvgIpc) is 2.65. The zero-order valence-corrected chi connectivity index (χ0v) is 15.2. The van der Waals surface area contributed by atoms with Crippen LogP contribution in [-0.2, 0) is 6.54 Å². The van der Waals surface area contributed by atoms with Gasteiger partial charge >= 0.3 is 0 Å². The summed E-state index contributed by atoms with van der Waals surface area (Å²) in [5.74, 6) is 1.20. The van der Waals surface area contributed by atoms with Crippen molar-refractivity contribution in [2.24, 2.45) is 0 Å². The molecule has 0 saturated carbocycles. The zero-order chi connectivity index (χ0) is 17.8. The first-order chi connectivity index (χ1) is 12.1. The van der Waals surface area contributed by atoms with Crippen molar-refractivity contribution in [3.05, 3.63) is 47.0 Å². The number of aromatic nitrogens is 2. The maximum atomic E-state index is 14.0. The first kappa shape index (κ1) is 17.9. The number of nitrogens with zero attached hydrogens (tertiary/aromatic N) is 4. The number of rotatable bonds is 5. The number of benzene rings is 1. The molecule has 5 nitrogen and oxygen atoms in total. The van der Waals surface area contributed by atoms with Gasteiger partial charge in [0.25, 0.3) is 0 Å². The number of anilines is 1. The quantitative estimate of drug-likeness (QED) is 0.813. The second kappa shape index (κ2) is 7.97. The fraction of sp³-hybridized carbons (Fsp3) is 0.444. The molecule has 25 heavy (non-hydrogen) atoms. The Morgan fingerprint density at radius 3 is 2.76 bits per heavy atom. The third-order valence-corrected chi connectivity index (χ3v) is 5.07. The molecular weight excluding hydrogens is 343 g/mol. The predicted octanol–water partition coefficient (Wildman–Crippen LogP) is 3.38. The first-order valence-corrected chi connectivity index (χ1v) is 8.70. The summed E-state index contributed by atoms with van der Waals surface area (Å²) in [6.45, 7) is 2.29. The molecule has 1 aromatic carbocycles. The summed E-state index contributed by atoms with van der Waals surface area (Å²) in [5.41, 5.74) is 0.564. The standard InChI is InChI=1S/C18H22ClFN4O/c1-23(11-14-15(19)4-3-5-16(14)20)13-6-8-24(9-7-13)17-10-18(25-2)22-12-21-17/h3-5,10,12-13H,6-9,11H2,1-2H3. The van der Waals surface area contributed by atoms with Crippen LogP contribution in [0.5, 0.6) is 5.88 Å². The Bertz CT molecular complexity index is 702. The topological polar surface area (TPSA) is 41.5 Å². The van der Waals surface area contributed by atoms with Gasteiger partial charge < -0.3 is 9.64 Å². The van der Waals surface area contributed by atoms with Crippen molar-refractivity contribution >= 4 is 17.4 Å². The van der Waals surface area contributed by atoms with E-state index in [1.165, 1.54) is 12.4 Å². The molecule has 0 spiro atoms. The molecular formula is C18H22ClFN4O. The maximum absolute atomic E-state index is 14.0. The molecule has 1 saturated heterocycles. The summed E-state index contributed by atoms with van der Waals surface area (Å²) in [4.78, 5) is 12.8. The molecule has 0 aliphatic carbocycles. The van der Waals surface area contributed by atoms with E-state index >= 15 is 0 Å². The minimum Gasteiger partial charge on any atom is -0.481 e. The fourth-order valence-electron chi connectivity index (χ4n) is 3.21. The van der Waals surface area contributed by atoms with Crippen LogP contribution in [0.25, 0.3) is 0 Å².